The molecule has 0 radical (unpaired) electrons. The first-order valence-electron chi connectivity index (χ1n) is 8.03. The van der Waals surface area contributed by atoms with Gasteiger partial charge in [-0.25, -0.2) is 12.1 Å². The molecule has 0 aliphatic rings. The van der Waals surface area contributed by atoms with Gasteiger partial charge in [-0.2, -0.15) is 18.2 Å². The van der Waals surface area contributed by atoms with Gasteiger partial charge in [0.05, 0.1) is 0 Å². The van der Waals surface area contributed by atoms with Gasteiger partial charge in [-0.3, -0.25) is 0 Å². The Morgan fingerprint density at radius 1 is 0.958 bits per heavy atom. The summed E-state index contributed by atoms with van der Waals surface area (Å²) in [7, 11) is 11.1. The average molecular weight is 441 g/mol. The van der Waals surface area contributed by atoms with Crippen molar-refractivity contribution in [2.75, 3.05) is 0 Å². The van der Waals surface area contributed by atoms with E-state index < -0.39 is 18.9 Å². The fourth-order valence-corrected chi connectivity index (χ4v) is 2.13. The Hall–Kier alpha value is -0.487. The minimum absolute atomic E-state index is 0.253. The molecule has 0 nitrogen and oxygen atoms in total. The number of halogens is 2. The van der Waals surface area contributed by atoms with Crippen LogP contribution in [0, 0.1) is 0 Å². The van der Waals surface area contributed by atoms with Crippen molar-refractivity contribution in [2.24, 2.45) is 0 Å². The average Bonchev–Trinajstić information content (AvgIpc) is 3.20. The fraction of sp³-hybridized carbons (Fsp3) is 0.286. The number of rotatable bonds is 0. The quantitative estimate of drug-likeness (QED) is 0.320. The van der Waals surface area contributed by atoms with Gasteiger partial charge in [0.2, 0.25) is 0 Å². The summed E-state index contributed by atoms with van der Waals surface area (Å²) in [6, 6.07) is 23.0. The topological polar surface area (TPSA) is 0 Å². The standard InChI is InChI=1S/C13H15.C5H5.C3H6.2ClH.Zr/c1-13(2,3)12-9-8-10-6-4-5-7-11(10)12;1-2-4-5-3-1;1-3-2;;;/h4-9H,1-3H3;1-5H;1-2H3;2*1H;/q2*-1;;;;+2/p-2. The van der Waals surface area contributed by atoms with Crippen molar-refractivity contribution in [3.63, 3.8) is 0 Å². The van der Waals surface area contributed by atoms with E-state index in [1.807, 2.05) is 44.2 Å². The smallest absolute Gasteiger partial charge is 0.172 e. The SMILES string of the molecule is CC(C)(C)c1c[cH-]c2ccccc12.C[C](C)=[Zr]([Cl])[Cl].c1cc[cH-]c1. The van der Waals surface area contributed by atoms with E-state index in [1.165, 1.54) is 19.5 Å². The van der Waals surface area contributed by atoms with Gasteiger partial charge in [0.15, 0.2) is 0 Å². The van der Waals surface area contributed by atoms with E-state index in [1.54, 1.807) is 0 Å². The molecule has 0 aliphatic heterocycles. The summed E-state index contributed by atoms with van der Waals surface area (Å²) in [4.78, 5) is 0. The molecule has 0 saturated carbocycles. The third-order valence-corrected chi connectivity index (χ3v) is 9.75. The minimum atomic E-state index is -1.84. The molecule has 0 N–H and O–H groups in total. The molecule has 3 heteroatoms. The molecular weight excluding hydrogens is 414 g/mol. The molecule has 0 amide bonds. The maximum absolute atomic E-state index is 5.54. The van der Waals surface area contributed by atoms with Gasteiger partial charge in [0.25, 0.3) is 0 Å². The summed E-state index contributed by atoms with van der Waals surface area (Å²) < 4.78 is 1.24. The zero-order valence-electron chi connectivity index (χ0n) is 15.1. The maximum atomic E-state index is 5.54. The van der Waals surface area contributed by atoms with E-state index in [0.717, 1.165) is 0 Å². The molecule has 3 rings (SSSR count). The second kappa shape index (κ2) is 10.5. The van der Waals surface area contributed by atoms with Gasteiger partial charge in [-0.05, 0) is 0 Å². The van der Waals surface area contributed by atoms with Crippen molar-refractivity contribution < 1.29 is 18.9 Å². The monoisotopic (exact) mass is 438 g/mol. The van der Waals surface area contributed by atoms with E-state index in [4.69, 9.17) is 17.0 Å². The zero-order chi connectivity index (χ0) is 18.2. The first-order valence-corrected chi connectivity index (χ1v) is 15.6. The third kappa shape index (κ3) is 7.60. The minimum Gasteiger partial charge on any atom is -0.214 e. The van der Waals surface area contributed by atoms with E-state index >= 15 is 0 Å². The molecule has 0 atom stereocenters. The largest absolute Gasteiger partial charge is 0.214 e. The molecule has 24 heavy (non-hydrogen) atoms. The molecule has 0 aromatic heterocycles. The van der Waals surface area contributed by atoms with Gasteiger partial charge in [-0.1, -0.05) is 32.3 Å². The molecule has 3 aromatic rings. The summed E-state index contributed by atoms with van der Waals surface area (Å²) in [5.41, 5.74) is 1.70. The van der Waals surface area contributed by atoms with Crippen LogP contribution < -0.4 is 0 Å². The molecule has 0 unspecified atom stereocenters. The molecule has 0 fully saturated rings. The van der Waals surface area contributed by atoms with Crippen LogP contribution in [-0.2, 0) is 24.3 Å². The molecular formula is C21H26Cl2Zr-2. The third-order valence-electron chi connectivity index (χ3n) is 3.42. The van der Waals surface area contributed by atoms with Crippen molar-refractivity contribution in [1.82, 2.24) is 0 Å². The Labute approximate surface area is 161 Å². The molecule has 130 valence electrons. The Morgan fingerprint density at radius 3 is 1.92 bits per heavy atom. The van der Waals surface area contributed by atoms with Gasteiger partial charge in [0, 0.05) is 0 Å². The first kappa shape index (κ1) is 21.6. The van der Waals surface area contributed by atoms with Crippen molar-refractivity contribution in [3.05, 3.63) is 72.3 Å². The van der Waals surface area contributed by atoms with Gasteiger partial charge < -0.3 is 0 Å². The summed E-state index contributed by atoms with van der Waals surface area (Å²) in [5, 5.41) is 2.75. The predicted molar refractivity (Wildman–Crippen MR) is 108 cm³/mol. The second-order valence-corrected chi connectivity index (χ2v) is 16.2. The Morgan fingerprint density at radius 2 is 1.50 bits per heavy atom. The van der Waals surface area contributed by atoms with Crippen molar-refractivity contribution >= 4 is 31.0 Å². The van der Waals surface area contributed by atoms with E-state index in [2.05, 4.69) is 57.2 Å². The Bertz CT molecular complexity index is 708. The van der Waals surface area contributed by atoms with Gasteiger partial charge >= 0.3 is 53.0 Å². The van der Waals surface area contributed by atoms with Crippen LogP contribution in [0.25, 0.3) is 10.8 Å². The normalized spacial score (nSPS) is 10.3. The molecule has 0 bridgehead atoms. The number of hydrogen-bond donors (Lipinski definition) is 0. The summed E-state index contributed by atoms with van der Waals surface area (Å²) >= 11 is -1.84. The van der Waals surface area contributed by atoms with Crippen LogP contribution >= 0.6 is 17.0 Å². The van der Waals surface area contributed by atoms with Crippen LogP contribution in [0.1, 0.15) is 40.2 Å². The van der Waals surface area contributed by atoms with E-state index in [0.29, 0.717) is 0 Å². The second-order valence-electron chi connectivity index (χ2n) is 6.81. The summed E-state index contributed by atoms with van der Waals surface area (Å²) in [5.74, 6) is 0. The van der Waals surface area contributed by atoms with Gasteiger partial charge in [-0.15, -0.1) is 46.7 Å². The zero-order valence-corrected chi connectivity index (χ0v) is 19.1. The predicted octanol–water partition coefficient (Wildman–Crippen LogP) is 7.39. The summed E-state index contributed by atoms with van der Waals surface area (Å²) in [6.07, 6.45) is 0. The van der Waals surface area contributed by atoms with E-state index in [-0.39, 0.29) is 5.41 Å². The van der Waals surface area contributed by atoms with E-state index in [9.17, 15) is 0 Å². The van der Waals surface area contributed by atoms with Crippen LogP contribution in [0.15, 0.2) is 66.7 Å². The fourth-order valence-electron chi connectivity index (χ4n) is 2.13. The maximum Gasteiger partial charge on any atom is -0.172 e. The van der Waals surface area contributed by atoms with Crippen molar-refractivity contribution in [3.8, 4) is 0 Å². The number of benzene rings is 1. The first-order chi connectivity index (χ1) is 11.2. The van der Waals surface area contributed by atoms with Crippen LogP contribution in [0.3, 0.4) is 0 Å². The van der Waals surface area contributed by atoms with Crippen LogP contribution in [0.2, 0.25) is 0 Å². The molecule has 0 aliphatic carbocycles. The summed E-state index contributed by atoms with van der Waals surface area (Å²) in [6.45, 7) is 10.7. The van der Waals surface area contributed by atoms with Crippen LogP contribution in [0.5, 0.6) is 0 Å². The Kier molecular flexibility index (Phi) is 9.42. The van der Waals surface area contributed by atoms with Crippen LogP contribution in [0.4, 0.5) is 0 Å². The molecule has 0 heterocycles. The van der Waals surface area contributed by atoms with Gasteiger partial charge in [0.1, 0.15) is 0 Å². The number of fused-ring (bicyclic) bond motifs is 1. The molecule has 0 saturated heterocycles. The van der Waals surface area contributed by atoms with Crippen molar-refractivity contribution in [2.45, 2.75) is 40.0 Å². The van der Waals surface area contributed by atoms with Crippen LogP contribution in [-0.4, -0.2) is 3.21 Å². The molecule has 3 aromatic carbocycles. The number of hydrogen-bond acceptors (Lipinski definition) is 0. The Balaban J connectivity index is 0.000000218. The van der Waals surface area contributed by atoms with Crippen molar-refractivity contribution in [1.29, 1.82) is 0 Å². The molecule has 0 spiro atoms.